The maximum atomic E-state index is 12.6. The van der Waals surface area contributed by atoms with Gasteiger partial charge in [-0.3, -0.25) is 14.0 Å². The highest BCUT2D eigenvalue weighted by Crippen LogP contribution is 2.33. The first-order chi connectivity index (χ1) is 15.0. The molecule has 31 heavy (non-hydrogen) atoms. The minimum absolute atomic E-state index is 0.112. The monoisotopic (exact) mass is 433 g/mol. The van der Waals surface area contributed by atoms with E-state index < -0.39 is 0 Å². The van der Waals surface area contributed by atoms with Crippen molar-refractivity contribution in [2.45, 2.75) is 31.8 Å². The van der Waals surface area contributed by atoms with Crippen molar-refractivity contribution in [3.8, 4) is 11.3 Å². The van der Waals surface area contributed by atoms with Crippen LogP contribution in [0.5, 0.6) is 0 Å². The Morgan fingerprint density at radius 2 is 1.90 bits per heavy atom. The van der Waals surface area contributed by atoms with Gasteiger partial charge in [-0.2, -0.15) is 0 Å². The summed E-state index contributed by atoms with van der Waals surface area (Å²) in [6, 6.07) is 13.2. The molecule has 0 atom stereocenters. The Kier molecular flexibility index (Phi) is 5.08. The molecular weight excluding hydrogens is 410 g/mol. The lowest BCUT2D eigenvalue weighted by Crippen LogP contribution is -2.28. The topological polar surface area (TPSA) is 83.7 Å². The van der Waals surface area contributed by atoms with E-state index in [0.29, 0.717) is 17.9 Å². The summed E-state index contributed by atoms with van der Waals surface area (Å²) in [5.41, 5.74) is 4.17. The number of ketones is 1. The number of thiazole rings is 1. The first-order valence-corrected chi connectivity index (χ1v) is 11.3. The molecule has 2 N–H and O–H groups in total. The normalized spacial score (nSPS) is 18.3. The van der Waals surface area contributed by atoms with Crippen molar-refractivity contribution in [2.75, 3.05) is 7.05 Å². The van der Waals surface area contributed by atoms with E-state index in [0.717, 1.165) is 51.3 Å². The fourth-order valence-electron chi connectivity index (χ4n) is 4.17. The van der Waals surface area contributed by atoms with Crippen LogP contribution in [-0.4, -0.2) is 39.3 Å². The fourth-order valence-corrected chi connectivity index (χ4v) is 5.21. The summed E-state index contributed by atoms with van der Waals surface area (Å²) < 4.78 is 3.08. The van der Waals surface area contributed by atoms with Crippen LogP contribution in [0.2, 0.25) is 0 Å². The number of amides is 1. The number of imidazole rings is 1. The van der Waals surface area contributed by atoms with Crippen molar-refractivity contribution >= 4 is 38.2 Å². The van der Waals surface area contributed by atoms with Crippen LogP contribution in [0.1, 0.15) is 46.4 Å². The minimum Gasteiger partial charge on any atom is -0.393 e. The van der Waals surface area contributed by atoms with Gasteiger partial charge >= 0.3 is 0 Å². The number of aromatic nitrogens is 2. The first-order valence-electron chi connectivity index (χ1n) is 10.5. The third kappa shape index (κ3) is 3.75. The van der Waals surface area contributed by atoms with Crippen LogP contribution >= 0.6 is 11.3 Å². The Hall–Kier alpha value is -3.03. The Morgan fingerprint density at radius 3 is 2.61 bits per heavy atom. The Labute approximate surface area is 183 Å². The molecule has 0 saturated heterocycles. The van der Waals surface area contributed by atoms with Gasteiger partial charge in [-0.25, -0.2) is 4.98 Å². The lowest BCUT2D eigenvalue weighted by atomic mass is 9.79. The largest absolute Gasteiger partial charge is 0.393 e. The number of nitrogens with one attached hydrogen (secondary N) is 1. The molecule has 0 unspecified atom stereocenters. The first kappa shape index (κ1) is 19.9. The van der Waals surface area contributed by atoms with Crippen LogP contribution < -0.4 is 5.32 Å². The maximum absolute atomic E-state index is 12.6. The molecule has 7 heteroatoms. The summed E-state index contributed by atoms with van der Waals surface area (Å²) in [5.74, 6) is 0.529. The number of rotatable bonds is 6. The molecule has 2 aromatic carbocycles. The van der Waals surface area contributed by atoms with Gasteiger partial charge < -0.3 is 10.4 Å². The van der Waals surface area contributed by atoms with Crippen molar-refractivity contribution in [1.82, 2.24) is 14.7 Å². The summed E-state index contributed by atoms with van der Waals surface area (Å²) in [5, 5.41) is 12.0. The van der Waals surface area contributed by atoms with E-state index in [1.54, 1.807) is 30.5 Å². The van der Waals surface area contributed by atoms with E-state index >= 15 is 0 Å². The zero-order valence-corrected chi connectivity index (χ0v) is 18.0. The zero-order chi connectivity index (χ0) is 21.5. The zero-order valence-electron chi connectivity index (χ0n) is 17.2. The van der Waals surface area contributed by atoms with Crippen LogP contribution in [0.25, 0.3) is 26.4 Å². The second-order valence-electron chi connectivity index (χ2n) is 8.17. The fraction of sp³-hybridized carbons (Fsp3) is 0.292. The van der Waals surface area contributed by atoms with Gasteiger partial charge in [0.2, 0.25) is 0 Å². The SMILES string of the molecule is CNC(=O)c1ccc(-c2cn3c(n2)sc2cc(C(=O)CCC4CC(O)C4)ccc23)cc1. The smallest absolute Gasteiger partial charge is 0.251 e. The molecule has 1 saturated carbocycles. The average Bonchev–Trinajstić information content (AvgIpc) is 3.32. The molecule has 1 fully saturated rings. The average molecular weight is 434 g/mol. The van der Waals surface area contributed by atoms with Gasteiger partial charge in [0, 0.05) is 36.4 Å². The third-order valence-corrected chi connectivity index (χ3v) is 7.09. The summed E-state index contributed by atoms with van der Waals surface area (Å²) >= 11 is 1.56. The van der Waals surface area contributed by atoms with Crippen molar-refractivity contribution in [1.29, 1.82) is 0 Å². The second-order valence-corrected chi connectivity index (χ2v) is 9.18. The lowest BCUT2D eigenvalue weighted by Gasteiger charge is -2.31. The standard InChI is InChI=1S/C24H23N3O3S/c1-25-23(30)16-5-3-15(4-6-16)19-13-27-20-8-7-17(12-22(20)31-24(27)26-19)21(29)9-2-14-10-18(28)11-14/h3-8,12-14,18,28H,2,9-11H2,1H3,(H,25,30). The van der Waals surface area contributed by atoms with Crippen molar-refractivity contribution in [2.24, 2.45) is 5.92 Å². The molecule has 4 aromatic rings. The molecule has 2 aromatic heterocycles. The number of aliphatic hydroxyl groups is 1. The van der Waals surface area contributed by atoms with Gasteiger partial charge in [-0.05, 0) is 55.5 Å². The molecule has 0 bridgehead atoms. The number of carbonyl (C=O) groups is 2. The summed E-state index contributed by atoms with van der Waals surface area (Å²) in [6.07, 6.45) is 4.85. The number of carbonyl (C=O) groups excluding carboxylic acids is 2. The Bertz CT molecular complexity index is 1280. The van der Waals surface area contributed by atoms with Gasteiger partial charge in [0.25, 0.3) is 5.91 Å². The highest BCUT2D eigenvalue weighted by Gasteiger charge is 2.27. The van der Waals surface area contributed by atoms with E-state index in [1.165, 1.54) is 0 Å². The van der Waals surface area contributed by atoms with E-state index in [9.17, 15) is 14.7 Å². The van der Waals surface area contributed by atoms with Gasteiger partial charge in [-0.15, -0.1) is 0 Å². The third-order valence-electron chi connectivity index (χ3n) is 6.08. The summed E-state index contributed by atoms with van der Waals surface area (Å²) in [4.78, 5) is 29.9. The molecule has 0 radical (unpaired) electrons. The molecule has 5 rings (SSSR count). The predicted molar refractivity (Wildman–Crippen MR) is 122 cm³/mol. The second kappa shape index (κ2) is 7.90. The molecule has 1 amide bonds. The molecule has 158 valence electrons. The lowest BCUT2D eigenvalue weighted by molar-refractivity contribution is 0.0377. The van der Waals surface area contributed by atoms with E-state index in [4.69, 9.17) is 4.98 Å². The predicted octanol–water partition coefficient (Wildman–Crippen LogP) is 4.31. The molecular formula is C24H23N3O3S. The van der Waals surface area contributed by atoms with Gasteiger partial charge in [-0.1, -0.05) is 23.5 Å². The number of hydrogen-bond acceptors (Lipinski definition) is 5. The van der Waals surface area contributed by atoms with Crippen molar-refractivity contribution in [3.63, 3.8) is 0 Å². The molecule has 0 spiro atoms. The quantitative estimate of drug-likeness (QED) is 0.444. The Morgan fingerprint density at radius 1 is 1.16 bits per heavy atom. The van der Waals surface area contributed by atoms with Crippen molar-refractivity contribution < 1.29 is 14.7 Å². The van der Waals surface area contributed by atoms with Crippen LogP contribution in [0, 0.1) is 5.92 Å². The van der Waals surface area contributed by atoms with Crippen LogP contribution in [0.15, 0.2) is 48.7 Å². The van der Waals surface area contributed by atoms with Crippen LogP contribution in [0.4, 0.5) is 0 Å². The van der Waals surface area contributed by atoms with Gasteiger partial charge in [0.05, 0.1) is 22.0 Å². The number of nitrogens with zero attached hydrogens (tertiary/aromatic N) is 2. The van der Waals surface area contributed by atoms with Crippen LogP contribution in [0.3, 0.4) is 0 Å². The minimum atomic E-state index is -0.169. The van der Waals surface area contributed by atoms with Crippen LogP contribution in [-0.2, 0) is 0 Å². The number of Topliss-reactive ketones (excluding diaryl/α,β-unsaturated/α-hetero) is 1. The number of benzene rings is 2. The Balaban J connectivity index is 1.36. The summed E-state index contributed by atoms with van der Waals surface area (Å²) in [7, 11) is 1.61. The number of hydrogen-bond donors (Lipinski definition) is 2. The molecule has 1 aliphatic rings. The number of aliphatic hydroxyl groups excluding tert-OH is 1. The van der Waals surface area contributed by atoms with E-state index in [-0.39, 0.29) is 17.8 Å². The molecule has 0 aliphatic heterocycles. The molecule has 1 aliphatic carbocycles. The van der Waals surface area contributed by atoms with Crippen molar-refractivity contribution in [3.05, 3.63) is 59.8 Å². The highest BCUT2D eigenvalue weighted by molar-refractivity contribution is 7.23. The van der Waals surface area contributed by atoms with E-state index in [2.05, 4.69) is 5.32 Å². The summed E-state index contributed by atoms with van der Waals surface area (Å²) in [6.45, 7) is 0. The van der Waals surface area contributed by atoms with E-state index in [1.807, 2.05) is 40.9 Å². The van der Waals surface area contributed by atoms with Gasteiger partial charge in [0.1, 0.15) is 0 Å². The maximum Gasteiger partial charge on any atom is 0.251 e. The number of fused-ring (bicyclic) bond motifs is 3. The van der Waals surface area contributed by atoms with Gasteiger partial charge in [0.15, 0.2) is 10.7 Å². The highest BCUT2D eigenvalue weighted by atomic mass is 32.1. The molecule has 6 nitrogen and oxygen atoms in total. The molecule has 2 heterocycles.